The van der Waals surface area contributed by atoms with Crippen molar-refractivity contribution in [3.8, 4) is 0 Å². The van der Waals surface area contributed by atoms with Crippen molar-refractivity contribution in [1.82, 2.24) is 4.90 Å². The Kier molecular flexibility index (Phi) is 14.4. The van der Waals surface area contributed by atoms with Crippen LogP contribution in [0.2, 0.25) is 0 Å². The first-order valence-corrected chi connectivity index (χ1v) is 13.7. The fourth-order valence-electron chi connectivity index (χ4n) is 3.83. The summed E-state index contributed by atoms with van der Waals surface area (Å²) in [4.78, 5) is -7.47. The standard InChI is InChI=1S/C21F45N/c22-1(23,4(28,29)10(40,41)16(52,53)54)7(34,35)13(46,47)19(61,62)67(20(63,64)14(48,49)8(36,37)2(24,25)5(30,31)11(42,43)17(55,56)57)21(65,66)15(50,51)9(38,39)3(26,27)6(32,33)12(44,45)18(58,59)60. The van der Waals surface area contributed by atoms with Gasteiger partial charge in [0.15, 0.2) is 0 Å². The predicted molar refractivity (Wildman–Crippen MR) is 109 cm³/mol. The van der Waals surface area contributed by atoms with Gasteiger partial charge in [0.1, 0.15) is 0 Å². The molecule has 0 saturated carbocycles. The van der Waals surface area contributed by atoms with Gasteiger partial charge in [0, 0.05) is 0 Å². The zero-order valence-electron chi connectivity index (χ0n) is 28.0. The summed E-state index contributed by atoms with van der Waals surface area (Å²) < 4.78 is 612. The van der Waals surface area contributed by atoms with E-state index in [4.69, 9.17) is 0 Å². The molecule has 0 aromatic heterocycles. The Labute approximate surface area is 329 Å². The molecule has 1 nitrogen and oxygen atoms in total. The normalized spacial score (nSPS) is 17.5. The Hall–Kier alpha value is -3.19. The van der Waals surface area contributed by atoms with Crippen molar-refractivity contribution >= 4 is 0 Å². The molecule has 0 spiro atoms. The van der Waals surface area contributed by atoms with E-state index < -0.39 is 130 Å². The summed E-state index contributed by atoms with van der Waals surface area (Å²) in [6, 6.07) is -34.2. The first kappa shape index (κ1) is 63.8. The number of rotatable bonds is 18. The Morgan fingerprint density at radius 1 is 0.119 bits per heavy atom. The fourth-order valence-corrected chi connectivity index (χ4v) is 3.83. The van der Waals surface area contributed by atoms with E-state index in [1.54, 1.807) is 0 Å². The predicted octanol–water partition coefficient (Wildman–Crippen LogP) is 14.3. The highest BCUT2D eigenvalue weighted by atomic mass is 19.5. The number of hydrogen-bond acceptors (Lipinski definition) is 1. The van der Waals surface area contributed by atoms with Crippen molar-refractivity contribution in [1.29, 1.82) is 0 Å². The third-order valence-electron chi connectivity index (χ3n) is 7.78. The van der Waals surface area contributed by atoms with Crippen LogP contribution in [0.4, 0.5) is 198 Å². The lowest BCUT2D eigenvalue weighted by molar-refractivity contribution is -0.535. The van der Waals surface area contributed by atoms with Crippen LogP contribution in [-0.2, 0) is 0 Å². The second kappa shape index (κ2) is 15.2. The molecule has 0 radical (unpaired) electrons. The quantitative estimate of drug-likeness (QED) is 0.0977. The first-order valence-electron chi connectivity index (χ1n) is 13.7. The number of alkyl halides is 45. The van der Waals surface area contributed by atoms with E-state index in [0.717, 1.165) is 0 Å². The maximum Gasteiger partial charge on any atom is 0.460 e. The maximum absolute atomic E-state index is 14.8. The zero-order valence-corrected chi connectivity index (χ0v) is 28.0. The van der Waals surface area contributed by atoms with Crippen LogP contribution in [0.5, 0.6) is 0 Å². The molecule has 0 heterocycles. The van der Waals surface area contributed by atoms with Crippen molar-refractivity contribution in [2.24, 2.45) is 0 Å². The molecule has 0 fully saturated rings. The van der Waals surface area contributed by atoms with Gasteiger partial charge >= 0.3 is 126 Å². The average Bonchev–Trinajstić information content (AvgIpc) is 3.04. The van der Waals surface area contributed by atoms with Gasteiger partial charge in [-0.2, -0.15) is 198 Å². The second-order valence-corrected chi connectivity index (χ2v) is 12.1. The first-order chi connectivity index (χ1) is 27.9. The summed E-state index contributed by atoms with van der Waals surface area (Å²) in [6.45, 7) is 0. The molecule has 0 aromatic rings. The van der Waals surface area contributed by atoms with Crippen LogP contribution in [0.25, 0.3) is 0 Å². The molecule has 0 bridgehead atoms. The molecule has 0 amide bonds. The monoisotopic (exact) mass is 1120 g/mol. The largest absolute Gasteiger partial charge is 0.460 e. The van der Waals surface area contributed by atoms with Gasteiger partial charge < -0.3 is 0 Å². The average molecular weight is 1120 g/mol. The lowest BCUT2D eigenvalue weighted by atomic mass is 9.89. The number of nitrogens with zero attached hydrogens (tertiary/aromatic N) is 1. The Balaban J connectivity index is 9.45. The van der Waals surface area contributed by atoms with Gasteiger partial charge in [-0.05, 0) is 0 Å². The molecular weight excluding hydrogens is 1120 g/mol. The molecule has 404 valence electrons. The summed E-state index contributed by atoms with van der Waals surface area (Å²) >= 11 is 0. The smallest absolute Gasteiger partial charge is 0.192 e. The third kappa shape index (κ3) is 7.43. The Morgan fingerprint density at radius 3 is 0.313 bits per heavy atom. The molecule has 46 heteroatoms. The molecule has 0 aliphatic heterocycles. The molecular formula is C21F45N. The molecule has 0 N–H and O–H groups in total. The summed E-state index contributed by atoms with van der Waals surface area (Å²) in [6.07, 6.45) is -26.5. The highest BCUT2D eigenvalue weighted by molar-refractivity contribution is 5.20. The Morgan fingerprint density at radius 2 is 0.209 bits per heavy atom. The second-order valence-electron chi connectivity index (χ2n) is 12.1. The maximum atomic E-state index is 14.8. The van der Waals surface area contributed by atoms with Crippen LogP contribution >= 0.6 is 0 Å². The van der Waals surface area contributed by atoms with Gasteiger partial charge in [-0.15, -0.1) is 4.90 Å². The summed E-state index contributed by atoms with van der Waals surface area (Å²) in [7, 11) is 0. The van der Waals surface area contributed by atoms with Crippen LogP contribution in [0.1, 0.15) is 0 Å². The number of hydrogen-bond donors (Lipinski definition) is 0. The molecule has 67 heavy (non-hydrogen) atoms. The lowest BCUT2D eigenvalue weighted by Gasteiger charge is -2.51. The minimum absolute atomic E-state index is 7.47. The van der Waals surface area contributed by atoms with Gasteiger partial charge in [0.2, 0.25) is 0 Å². The van der Waals surface area contributed by atoms with E-state index in [1.807, 2.05) is 0 Å². The fraction of sp³-hybridized carbons (Fsp3) is 1.00. The van der Waals surface area contributed by atoms with Gasteiger partial charge in [-0.25, -0.2) is 0 Å². The van der Waals surface area contributed by atoms with E-state index >= 15 is 0 Å². The van der Waals surface area contributed by atoms with Crippen molar-refractivity contribution in [3.05, 3.63) is 0 Å². The van der Waals surface area contributed by atoms with Gasteiger partial charge in [-0.1, -0.05) is 0 Å². The zero-order chi connectivity index (χ0) is 56.1. The van der Waals surface area contributed by atoms with Crippen molar-refractivity contribution < 1.29 is 198 Å². The lowest BCUT2D eigenvalue weighted by Crippen LogP contribution is -2.84. The SMILES string of the molecule is FC(F)(F)C(F)(F)C(F)(F)C(F)(F)C(F)(F)C(F)(F)C(F)(F)N(C(F)(F)C(F)(F)C(F)(F)C(F)(F)C(F)(F)C(F)(F)C(F)(F)F)C(F)(F)C(F)(F)C(F)(F)C(F)(F)C(F)(F)C(F)(F)C(F)(F)F. The van der Waals surface area contributed by atoms with Crippen molar-refractivity contribution in [2.75, 3.05) is 0 Å². The van der Waals surface area contributed by atoms with Crippen LogP contribution in [0.15, 0.2) is 0 Å². The molecule has 0 aromatic carbocycles. The summed E-state index contributed by atoms with van der Waals surface area (Å²) in [5.74, 6) is -155. The Bertz CT molecular complexity index is 1570. The van der Waals surface area contributed by atoms with Gasteiger partial charge in [0.25, 0.3) is 0 Å². The van der Waals surface area contributed by atoms with Crippen molar-refractivity contribution in [2.45, 2.75) is 126 Å². The van der Waals surface area contributed by atoms with Crippen LogP contribution < -0.4 is 0 Å². The van der Waals surface area contributed by atoms with Crippen molar-refractivity contribution in [3.63, 3.8) is 0 Å². The van der Waals surface area contributed by atoms with Gasteiger partial charge in [0.05, 0.1) is 0 Å². The van der Waals surface area contributed by atoms with Crippen LogP contribution in [0, 0.1) is 0 Å². The third-order valence-corrected chi connectivity index (χ3v) is 7.78. The van der Waals surface area contributed by atoms with Gasteiger partial charge in [-0.3, -0.25) is 0 Å². The van der Waals surface area contributed by atoms with Crippen LogP contribution in [0.3, 0.4) is 0 Å². The number of halogens is 45. The highest BCUT2D eigenvalue weighted by Crippen LogP contribution is 2.70. The molecule has 0 rings (SSSR count). The minimum Gasteiger partial charge on any atom is -0.192 e. The van der Waals surface area contributed by atoms with E-state index in [9.17, 15) is 198 Å². The van der Waals surface area contributed by atoms with E-state index in [0.29, 0.717) is 0 Å². The molecule has 0 saturated heterocycles. The molecule has 0 aliphatic carbocycles. The summed E-state index contributed by atoms with van der Waals surface area (Å²) in [5, 5.41) is 0. The highest BCUT2D eigenvalue weighted by Gasteiger charge is 3.02. The van der Waals surface area contributed by atoms with Crippen LogP contribution in [-0.4, -0.2) is 130 Å². The minimum atomic E-state index is -11.4. The topological polar surface area (TPSA) is 3.24 Å². The molecule has 0 atom stereocenters. The molecule has 0 unspecified atom stereocenters. The van der Waals surface area contributed by atoms with E-state index in [2.05, 4.69) is 0 Å². The molecule has 0 aliphatic rings. The van der Waals surface area contributed by atoms with E-state index in [-0.39, 0.29) is 0 Å². The van der Waals surface area contributed by atoms with E-state index in [1.165, 1.54) is 0 Å². The summed E-state index contributed by atoms with van der Waals surface area (Å²) in [5.41, 5.74) is 0.